The minimum absolute atomic E-state index is 0.0567. The molecular formula is C33H41F3N8O6. The second-order valence-corrected chi connectivity index (χ2v) is 14.1. The van der Waals surface area contributed by atoms with Crippen LogP contribution in [0.2, 0.25) is 0 Å². The highest BCUT2D eigenvalue weighted by molar-refractivity contribution is 5.73. The summed E-state index contributed by atoms with van der Waals surface area (Å²) >= 11 is 0. The zero-order valence-corrected chi connectivity index (χ0v) is 28.5. The van der Waals surface area contributed by atoms with Gasteiger partial charge in [0.05, 0.1) is 0 Å². The number of nitrogens with one attached hydrogen (secondary N) is 2. The van der Waals surface area contributed by atoms with Gasteiger partial charge in [-0.1, -0.05) is 0 Å². The molecule has 2 atom stereocenters. The fourth-order valence-corrected chi connectivity index (χ4v) is 6.85. The highest BCUT2D eigenvalue weighted by atomic mass is 19.1. The molecule has 0 radical (unpaired) electrons. The third-order valence-corrected chi connectivity index (χ3v) is 10.4. The first kappa shape index (κ1) is 35.3. The summed E-state index contributed by atoms with van der Waals surface area (Å²) in [5, 5.41) is 0. The molecule has 3 fully saturated rings. The van der Waals surface area contributed by atoms with Gasteiger partial charge in [-0.05, 0) is 89.4 Å². The van der Waals surface area contributed by atoms with Crippen LogP contribution in [-0.2, 0) is 27.2 Å². The Balaban J connectivity index is 0.000000174. The maximum absolute atomic E-state index is 13.7. The van der Waals surface area contributed by atoms with Gasteiger partial charge in [0.1, 0.15) is 28.4 Å². The van der Waals surface area contributed by atoms with Gasteiger partial charge in [0.25, 0.3) is 22.2 Å². The Labute approximate surface area is 282 Å². The van der Waals surface area contributed by atoms with Crippen molar-refractivity contribution in [1.29, 1.82) is 0 Å². The van der Waals surface area contributed by atoms with Crippen molar-refractivity contribution in [3.8, 4) is 0 Å². The number of rotatable bonds is 11. The molecule has 3 aliphatic rings. The molecular weight excluding hydrogens is 661 g/mol. The van der Waals surface area contributed by atoms with E-state index in [1.165, 1.54) is 58.2 Å². The van der Waals surface area contributed by atoms with E-state index in [1.54, 1.807) is 0 Å². The van der Waals surface area contributed by atoms with Gasteiger partial charge in [0.2, 0.25) is 0 Å². The van der Waals surface area contributed by atoms with E-state index in [4.69, 9.17) is 0 Å². The molecule has 2 N–H and O–H groups in total. The standard InChI is InChI=1S/C18H23FN4O3.C15H18F2N4O3/c1-10(19)14-20-12-13(15(24)21-14)23(17(26)22(2)16(12)25)9-3-6-18(7-8-18)11-4-5-11;1-8(16)11-18-9-10(12(22)19-11)21(14(24)20(2)13(9)23)7-3-4-15(17)5-6-15/h10-11H,3-9H2,1-2H3,(H,20,21,24);8H,3-7H2,1-2H3,(H,18,19,22). The normalized spacial score (nSPS) is 18.5. The van der Waals surface area contributed by atoms with Gasteiger partial charge in [0.15, 0.2) is 23.4 Å². The van der Waals surface area contributed by atoms with E-state index < -0.39 is 51.6 Å². The van der Waals surface area contributed by atoms with Crippen LogP contribution in [0.25, 0.3) is 22.1 Å². The lowest BCUT2D eigenvalue weighted by atomic mass is 9.94. The molecule has 4 aromatic rings. The third kappa shape index (κ3) is 6.65. The van der Waals surface area contributed by atoms with Crippen molar-refractivity contribution in [2.75, 3.05) is 0 Å². The van der Waals surface area contributed by atoms with E-state index in [-0.39, 0.29) is 46.7 Å². The average molecular weight is 703 g/mol. The summed E-state index contributed by atoms with van der Waals surface area (Å²) in [5.74, 6) is 0.362. The summed E-state index contributed by atoms with van der Waals surface area (Å²) in [6.45, 7) is 2.86. The minimum Gasteiger partial charge on any atom is -0.306 e. The van der Waals surface area contributed by atoms with Gasteiger partial charge in [-0.25, -0.2) is 32.7 Å². The highest BCUT2D eigenvalue weighted by Crippen LogP contribution is 2.63. The molecule has 7 rings (SSSR count). The zero-order valence-electron chi connectivity index (χ0n) is 28.5. The predicted molar refractivity (Wildman–Crippen MR) is 179 cm³/mol. The number of fused-ring (bicyclic) bond motifs is 2. The Morgan fingerprint density at radius 2 is 1.14 bits per heavy atom. The number of aromatic amines is 2. The van der Waals surface area contributed by atoms with Crippen molar-refractivity contribution in [1.82, 2.24) is 38.2 Å². The molecule has 3 aliphatic carbocycles. The highest BCUT2D eigenvalue weighted by Gasteiger charge is 2.52. The molecule has 0 amide bonds. The summed E-state index contributed by atoms with van der Waals surface area (Å²) in [5.41, 5.74) is -5.44. The summed E-state index contributed by atoms with van der Waals surface area (Å²) in [6.07, 6.45) is 5.49. The SMILES string of the molecule is CC(F)c1nc2c(=O)n(C)c(=O)n(CCCC3(C4CC4)CC3)c2c(=O)[nH]1.CC(F)c1nc2c(=O)n(C)c(=O)n(CCCC3(F)CC3)c2c(=O)[nH]1. The Hall–Kier alpha value is -4.57. The van der Waals surface area contributed by atoms with Crippen molar-refractivity contribution in [3.63, 3.8) is 0 Å². The predicted octanol–water partition coefficient (Wildman–Crippen LogP) is 2.88. The fourth-order valence-electron chi connectivity index (χ4n) is 6.85. The van der Waals surface area contributed by atoms with Crippen LogP contribution in [0.3, 0.4) is 0 Å². The molecule has 4 aromatic heterocycles. The van der Waals surface area contributed by atoms with Crippen LogP contribution < -0.4 is 33.6 Å². The van der Waals surface area contributed by atoms with Gasteiger partial charge in [0, 0.05) is 27.2 Å². The summed E-state index contributed by atoms with van der Waals surface area (Å²) in [7, 11) is 2.62. The lowest BCUT2D eigenvalue weighted by Crippen LogP contribution is -2.41. The number of H-pyrrole nitrogens is 2. The largest absolute Gasteiger partial charge is 0.331 e. The molecule has 3 saturated carbocycles. The molecule has 0 bridgehead atoms. The Kier molecular flexibility index (Phi) is 9.14. The van der Waals surface area contributed by atoms with Gasteiger partial charge in [-0.15, -0.1) is 0 Å². The van der Waals surface area contributed by atoms with E-state index in [0.29, 0.717) is 31.2 Å². The van der Waals surface area contributed by atoms with E-state index in [0.717, 1.165) is 32.5 Å². The van der Waals surface area contributed by atoms with Crippen LogP contribution >= 0.6 is 0 Å². The summed E-state index contributed by atoms with van der Waals surface area (Å²) in [6, 6.07) is 0. The van der Waals surface area contributed by atoms with Crippen molar-refractivity contribution in [2.45, 2.75) is 109 Å². The van der Waals surface area contributed by atoms with Crippen molar-refractivity contribution < 1.29 is 13.2 Å². The van der Waals surface area contributed by atoms with Crippen LogP contribution in [0, 0.1) is 11.3 Å². The maximum atomic E-state index is 13.7. The second-order valence-electron chi connectivity index (χ2n) is 14.1. The lowest BCUT2D eigenvalue weighted by Gasteiger charge is -2.16. The molecule has 0 spiro atoms. The Bertz CT molecular complexity index is 2340. The van der Waals surface area contributed by atoms with Crippen LogP contribution in [0.15, 0.2) is 28.8 Å². The molecule has 0 saturated heterocycles. The molecule has 0 aliphatic heterocycles. The minimum atomic E-state index is -1.56. The summed E-state index contributed by atoms with van der Waals surface area (Å²) < 4.78 is 44.9. The topological polar surface area (TPSA) is 180 Å². The lowest BCUT2D eigenvalue weighted by molar-refractivity contribution is 0.278. The van der Waals surface area contributed by atoms with Crippen LogP contribution in [0.4, 0.5) is 13.2 Å². The smallest absolute Gasteiger partial charge is 0.306 e. The quantitative estimate of drug-likeness (QED) is 0.240. The van der Waals surface area contributed by atoms with Crippen LogP contribution in [0.5, 0.6) is 0 Å². The van der Waals surface area contributed by atoms with E-state index in [2.05, 4.69) is 19.9 Å². The zero-order chi connectivity index (χ0) is 36.3. The Morgan fingerprint density at radius 1 is 0.720 bits per heavy atom. The third-order valence-electron chi connectivity index (χ3n) is 10.4. The number of alkyl halides is 3. The molecule has 14 nitrogen and oxygen atoms in total. The first-order valence-electron chi connectivity index (χ1n) is 17.0. The van der Waals surface area contributed by atoms with Crippen molar-refractivity contribution in [3.05, 3.63) is 74.0 Å². The maximum Gasteiger partial charge on any atom is 0.331 e. The first-order valence-corrected chi connectivity index (χ1v) is 17.0. The second kappa shape index (κ2) is 13.0. The fraction of sp³-hybridized carbons (Fsp3) is 0.636. The number of hydrogen-bond acceptors (Lipinski definition) is 8. The molecule has 2 unspecified atom stereocenters. The molecule has 270 valence electrons. The van der Waals surface area contributed by atoms with Gasteiger partial charge in [-0.2, -0.15) is 0 Å². The Morgan fingerprint density at radius 3 is 1.50 bits per heavy atom. The summed E-state index contributed by atoms with van der Waals surface area (Å²) in [4.78, 5) is 86.7. The number of aryl methyl sites for hydroxylation is 2. The number of halogens is 3. The van der Waals surface area contributed by atoms with Gasteiger partial charge in [-0.3, -0.25) is 37.4 Å². The number of aromatic nitrogens is 8. The van der Waals surface area contributed by atoms with E-state index in [9.17, 15) is 41.9 Å². The van der Waals surface area contributed by atoms with Gasteiger partial charge < -0.3 is 9.97 Å². The van der Waals surface area contributed by atoms with Gasteiger partial charge >= 0.3 is 11.4 Å². The molecule has 4 heterocycles. The van der Waals surface area contributed by atoms with Crippen molar-refractivity contribution >= 4 is 22.1 Å². The number of hydrogen-bond donors (Lipinski definition) is 2. The van der Waals surface area contributed by atoms with E-state index in [1.807, 2.05) is 0 Å². The average Bonchev–Trinajstić information content (AvgIpc) is 3.94. The van der Waals surface area contributed by atoms with Crippen LogP contribution in [-0.4, -0.2) is 43.9 Å². The van der Waals surface area contributed by atoms with Crippen LogP contribution in [0.1, 0.15) is 102 Å². The molecule has 0 aromatic carbocycles. The molecule has 50 heavy (non-hydrogen) atoms. The molecule has 17 heteroatoms. The van der Waals surface area contributed by atoms with Crippen molar-refractivity contribution in [2.24, 2.45) is 25.4 Å². The van der Waals surface area contributed by atoms with E-state index >= 15 is 0 Å². The number of nitrogens with zero attached hydrogens (tertiary/aromatic N) is 6. The first-order chi connectivity index (χ1) is 23.6. The monoisotopic (exact) mass is 702 g/mol.